The molecule has 0 aromatic carbocycles. The van der Waals surface area contributed by atoms with Gasteiger partial charge in [-0.25, -0.2) is 0 Å². The van der Waals surface area contributed by atoms with E-state index in [1.165, 1.54) is 6.07 Å². The lowest BCUT2D eigenvalue weighted by Crippen LogP contribution is -1.91. The van der Waals surface area contributed by atoms with Crippen molar-refractivity contribution in [2.45, 2.75) is 6.54 Å². The summed E-state index contributed by atoms with van der Waals surface area (Å²) >= 11 is 1.12. The molecule has 0 fully saturated rings. The van der Waals surface area contributed by atoms with Gasteiger partial charge in [-0.15, -0.1) is 0 Å². The van der Waals surface area contributed by atoms with Crippen molar-refractivity contribution in [1.82, 2.24) is 0 Å². The highest BCUT2D eigenvalue weighted by molar-refractivity contribution is 7.15. The number of thiophene rings is 1. The third-order valence-corrected chi connectivity index (χ3v) is 2.09. The van der Waals surface area contributed by atoms with Crippen LogP contribution < -0.4 is 5.73 Å². The Morgan fingerprint density at radius 1 is 1.70 bits per heavy atom. The standard InChI is InChI=1S/C5H6N2O2S/c6-3-4-1-2-5(10-4)7(8)9/h1-2H,3,6H2. The Labute approximate surface area is 61.4 Å². The molecular weight excluding hydrogens is 152 g/mol. The molecule has 2 N–H and O–H groups in total. The molecule has 0 bridgehead atoms. The number of nitrogens with zero attached hydrogens (tertiary/aromatic N) is 1. The Hall–Kier alpha value is -0.940. The van der Waals surface area contributed by atoms with Crippen LogP contribution in [0.5, 0.6) is 0 Å². The van der Waals surface area contributed by atoms with E-state index < -0.39 is 4.92 Å². The van der Waals surface area contributed by atoms with E-state index in [-0.39, 0.29) is 5.00 Å². The average Bonchev–Trinajstić information content (AvgIpc) is 2.34. The zero-order chi connectivity index (χ0) is 7.56. The summed E-state index contributed by atoms with van der Waals surface area (Å²) in [6, 6.07) is 3.13. The highest BCUT2D eigenvalue weighted by atomic mass is 32.1. The Morgan fingerprint density at radius 3 is 2.70 bits per heavy atom. The van der Waals surface area contributed by atoms with Crippen LogP contribution in [0.1, 0.15) is 4.88 Å². The van der Waals surface area contributed by atoms with Gasteiger partial charge in [0, 0.05) is 17.5 Å². The first-order chi connectivity index (χ1) is 4.74. The van der Waals surface area contributed by atoms with Crippen LogP contribution in [0.4, 0.5) is 5.00 Å². The second-order valence-corrected chi connectivity index (χ2v) is 2.85. The van der Waals surface area contributed by atoms with Crippen molar-refractivity contribution < 1.29 is 4.92 Å². The first kappa shape index (κ1) is 7.17. The van der Waals surface area contributed by atoms with Crippen LogP contribution in [0.25, 0.3) is 0 Å². The molecule has 0 radical (unpaired) electrons. The molecule has 0 atom stereocenters. The minimum absolute atomic E-state index is 0.153. The summed E-state index contributed by atoms with van der Waals surface area (Å²) in [6.45, 7) is 0.374. The maximum Gasteiger partial charge on any atom is 0.324 e. The Morgan fingerprint density at radius 2 is 2.40 bits per heavy atom. The lowest BCUT2D eigenvalue weighted by molar-refractivity contribution is -0.380. The van der Waals surface area contributed by atoms with Gasteiger partial charge in [-0.1, -0.05) is 11.3 Å². The van der Waals surface area contributed by atoms with E-state index >= 15 is 0 Å². The van der Waals surface area contributed by atoms with Gasteiger partial charge in [0.1, 0.15) is 0 Å². The van der Waals surface area contributed by atoms with Gasteiger partial charge in [0.25, 0.3) is 0 Å². The molecular formula is C5H6N2O2S. The van der Waals surface area contributed by atoms with E-state index in [1.54, 1.807) is 6.07 Å². The van der Waals surface area contributed by atoms with Gasteiger partial charge in [-0.3, -0.25) is 10.1 Å². The monoisotopic (exact) mass is 158 g/mol. The number of hydrogen-bond acceptors (Lipinski definition) is 4. The fraction of sp³-hybridized carbons (Fsp3) is 0.200. The predicted octanol–water partition coefficient (Wildman–Crippen LogP) is 1.11. The van der Waals surface area contributed by atoms with Gasteiger partial charge in [0.15, 0.2) is 0 Å². The highest BCUT2D eigenvalue weighted by Crippen LogP contribution is 2.22. The molecule has 0 aliphatic rings. The van der Waals surface area contributed by atoms with Crippen molar-refractivity contribution in [3.63, 3.8) is 0 Å². The van der Waals surface area contributed by atoms with Crippen LogP contribution in [0.15, 0.2) is 12.1 Å². The van der Waals surface area contributed by atoms with Crippen LogP contribution in [-0.2, 0) is 6.54 Å². The number of nitrogens with two attached hydrogens (primary N) is 1. The van der Waals surface area contributed by atoms with Crippen LogP contribution >= 0.6 is 11.3 Å². The molecule has 1 aromatic heterocycles. The molecule has 0 amide bonds. The summed E-state index contributed by atoms with van der Waals surface area (Å²) in [4.78, 5) is 10.5. The van der Waals surface area contributed by atoms with Gasteiger partial charge in [-0.2, -0.15) is 0 Å². The normalized spacial score (nSPS) is 9.70. The zero-order valence-electron chi connectivity index (χ0n) is 5.11. The smallest absolute Gasteiger partial charge is 0.324 e. The fourth-order valence-electron chi connectivity index (χ4n) is 0.574. The minimum atomic E-state index is -0.413. The summed E-state index contributed by atoms with van der Waals surface area (Å²) in [5.74, 6) is 0. The van der Waals surface area contributed by atoms with Crippen molar-refractivity contribution in [2.24, 2.45) is 5.73 Å². The van der Waals surface area contributed by atoms with Crippen LogP contribution in [0.3, 0.4) is 0 Å². The molecule has 0 aliphatic carbocycles. The van der Waals surface area contributed by atoms with Crippen LogP contribution in [-0.4, -0.2) is 4.92 Å². The SMILES string of the molecule is NCc1ccc([N+](=O)[O-])s1. The van der Waals surface area contributed by atoms with Crippen molar-refractivity contribution >= 4 is 16.3 Å². The first-order valence-electron chi connectivity index (χ1n) is 2.67. The molecule has 1 heterocycles. The van der Waals surface area contributed by atoms with Gasteiger partial charge >= 0.3 is 5.00 Å². The van der Waals surface area contributed by atoms with Crippen molar-refractivity contribution in [3.05, 3.63) is 27.1 Å². The number of hydrogen-bond donors (Lipinski definition) is 1. The molecule has 0 saturated carbocycles. The van der Waals surface area contributed by atoms with Crippen LogP contribution in [0, 0.1) is 10.1 Å². The number of rotatable bonds is 2. The average molecular weight is 158 g/mol. The van der Waals surface area contributed by atoms with E-state index in [0.29, 0.717) is 6.54 Å². The van der Waals surface area contributed by atoms with E-state index in [1.807, 2.05) is 0 Å². The molecule has 54 valence electrons. The van der Waals surface area contributed by atoms with Gasteiger partial charge in [-0.05, 0) is 6.07 Å². The minimum Gasteiger partial charge on any atom is -0.326 e. The molecule has 0 saturated heterocycles. The van der Waals surface area contributed by atoms with Gasteiger partial charge < -0.3 is 5.73 Å². The summed E-state index contributed by atoms with van der Waals surface area (Å²) in [7, 11) is 0. The summed E-state index contributed by atoms with van der Waals surface area (Å²) in [6.07, 6.45) is 0. The molecule has 1 aromatic rings. The van der Waals surface area contributed by atoms with E-state index in [4.69, 9.17) is 5.73 Å². The lowest BCUT2D eigenvalue weighted by atomic mass is 10.5. The zero-order valence-corrected chi connectivity index (χ0v) is 5.93. The molecule has 5 heteroatoms. The lowest BCUT2D eigenvalue weighted by Gasteiger charge is -1.81. The van der Waals surface area contributed by atoms with E-state index in [0.717, 1.165) is 16.2 Å². The molecule has 0 unspecified atom stereocenters. The predicted molar refractivity (Wildman–Crippen MR) is 38.9 cm³/mol. The second-order valence-electron chi connectivity index (χ2n) is 1.70. The van der Waals surface area contributed by atoms with Crippen molar-refractivity contribution in [2.75, 3.05) is 0 Å². The quantitative estimate of drug-likeness (QED) is 0.517. The third kappa shape index (κ3) is 1.31. The van der Waals surface area contributed by atoms with E-state index in [2.05, 4.69) is 0 Å². The molecule has 1 rings (SSSR count). The maximum atomic E-state index is 10.1. The number of nitro groups is 1. The summed E-state index contributed by atoms with van der Waals surface area (Å²) < 4.78 is 0. The molecule has 4 nitrogen and oxygen atoms in total. The third-order valence-electron chi connectivity index (χ3n) is 1.03. The van der Waals surface area contributed by atoms with Crippen molar-refractivity contribution in [3.8, 4) is 0 Å². The summed E-state index contributed by atoms with van der Waals surface area (Å²) in [5.41, 5.74) is 5.25. The Bertz CT molecular complexity index is 246. The molecule has 10 heavy (non-hydrogen) atoms. The van der Waals surface area contributed by atoms with Gasteiger partial charge in [0.05, 0.1) is 4.92 Å². The largest absolute Gasteiger partial charge is 0.326 e. The maximum absolute atomic E-state index is 10.1. The topological polar surface area (TPSA) is 69.2 Å². The Kier molecular flexibility index (Phi) is 1.98. The van der Waals surface area contributed by atoms with Gasteiger partial charge in [0.2, 0.25) is 0 Å². The Balaban J connectivity index is 2.88. The summed E-state index contributed by atoms with van der Waals surface area (Å²) in [5, 5.41) is 10.3. The molecule has 0 aliphatic heterocycles. The van der Waals surface area contributed by atoms with Crippen LogP contribution in [0.2, 0.25) is 0 Å². The van der Waals surface area contributed by atoms with E-state index in [9.17, 15) is 10.1 Å². The highest BCUT2D eigenvalue weighted by Gasteiger charge is 2.07. The fourth-order valence-corrected chi connectivity index (χ4v) is 1.27. The first-order valence-corrected chi connectivity index (χ1v) is 3.49. The molecule has 0 spiro atoms. The van der Waals surface area contributed by atoms with Crippen molar-refractivity contribution in [1.29, 1.82) is 0 Å². The second kappa shape index (κ2) is 2.76.